The lowest BCUT2D eigenvalue weighted by Crippen LogP contribution is -2.15. The van der Waals surface area contributed by atoms with E-state index in [-0.39, 0.29) is 16.7 Å². The number of carbonyl (C=O) groups is 2. The van der Waals surface area contributed by atoms with Crippen LogP contribution in [0.3, 0.4) is 0 Å². The number of esters is 2. The van der Waals surface area contributed by atoms with Crippen molar-refractivity contribution < 1.29 is 23.8 Å². The highest BCUT2D eigenvalue weighted by atomic mass is 35.5. The van der Waals surface area contributed by atoms with E-state index in [1.54, 1.807) is 36.4 Å². The number of halogens is 1. The van der Waals surface area contributed by atoms with Crippen molar-refractivity contribution in [2.24, 2.45) is 0 Å². The molecule has 1 heterocycles. The second kappa shape index (κ2) is 8.65. The van der Waals surface area contributed by atoms with E-state index in [1.165, 1.54) is 14.2 Å². The van der Waals surface area contributed by atoms with E-state index in [2.05, 4.69) is 25.0 Å². The first-order chi connectivity index (χ1) is 12.0. The number of nitrogens with zero attached hydrogens (tertiary/aromatic N) is 2. The smallest absolute Gasteiger partial charge is 0.354 e. The number of benzene rings is 1. The lowest BCUT2D eigenvalue weighted by atomic mass is 10.2. The molecule has 2 rings (SSSR count). The normalized spacial score (nSPS) is 10.8. The minimum absolute atomic E-state index is 0.0854. The largest absolute Gasteiger partial charge is 0.466 e. The van der Waals surface area contributed by atoms with Crippen LogP contribution in [0, 0.1) is 0 Å². The molecule has 0 aliphatic carbocycles. The molecule has 0 spiro atoms. The molecule has 1 aromatic heterocycles. The van der Waals surface area contributed by atoms with E-state index in [9.17, 15) is 9.59 Å². The van der Waals surface area contributed by atoms with Crippen LogP contribution in [0.25, 0.3) is 0 Å². The Bertz CT molecular complexity index is 793. The topological polar surface area (TPSA) is 99.6 Å². The van der Waals surface area contributed by atoms with Gasteiger partial charge in [0.2, 0.25) is 5.88 Å². The average molecular weight is 364 g/mol. The van der Waals surface area contributed by atoms with Gasteiger partial charge >= 0.3 is 11.9 Å². The van der Waals surface area contributed by atoms with Gasteiger partial charge in [0.05, 0.1) is 20.3 Å². The summed E-state index contributed by atoms with van der Waals surface area (Å²) in [5, 5.41) is 10.5. The Labute approximate surface area is 148 Å². The third kappa shape index (κ3) is 5.47. The zero-order valence-corrected chi connectivity index (χ0v) is 14.1. The molecule has 0 bridgehead atoms. The van der Waals surface area contributed by atoms with Crippen LogP contribution in [0.5, 0.6) is 11.6 Å². The number of nitrogens with one attached hydrogen (secondary N) is 1. The molecule has 0 saturated heterocycles. The monoisotopic (exact) mass is 363 g/mol. The quantitative estimate of drug-likeness (QED) is 0.617. The molecule has 0 radical (unpaired) electrons. The summed E-state index contributed by atoms with van der Waals surface area (Å²) >= 11 is 5.67. The molecule has 0 amide bonds. The molecule has 0 aliphatic rings. The Morgan fingerprint density at radius 1 is 1.12 bits per heavy atom. The summed E-state index contributed by atoms with van der Waals surface area (Å²) in [5.41, 5.74) is 0.401. The van der Waals surface area contributed by atoms with E-state index < -0.39 is 11.9 Å². The maximum Gasteiger partial charge on any atom is 0.354 e. The second-order valence-electron chi connectivity index (χ2n) is 4.52. The van der Waals surface area contributed by atoms with Gasteiger partial charge in [0.25, 0.3) is 0 Å². The number of carbonyl (C=O) groups excluding carboxylic acids is 2. The van der Waals surface area contributed by atoms with Crippen molar-refractivity contribution in [1.82, 2.24) is 10.2 Å². The van der Waals surface area contributed by atoms with Gasteiger partial charge in [0.1, 0.15) is 11.4 Å². The number of hydrogen-bond donors (Lipinski definition) is 1. The van der Waals surface area contributed by atoms with Crippen molar-refractivity contribution in [3.8, 4) is 11.6 Å². The van der Waals surface area contributed by atoms with Gasteiger partial charge in [-0.05, 0) is 18.2 Å². The van der Waals surface area contributed by atoms with E-state index in [4.69, 9.17) is 16.3 Å². The van der Waals surface area contributed by atoms with Crippen LogP contribution >= 0.6 is 11.6 Å². The summed E-state index contributed by atoms with van der Waals surface area (Å²) in [6, 6.07) is 9.75. The molecule has 0 saturated carbocycles. The molecular formula is C16H14ClN3O5. The van der Waals surface area contributed by atoms with Gasteiger partial charge in [-0.1, -0.05) is 17.7 Å². The average Bonchev–Trinajstić information content (AvgIpc) is 2.62. The van der Waals surface area contributed by atoms with Crippen LogP contribution in [0.15, 0.2) is 48.2 Å². The van der Waals surface area contributed by atoms with Crippen molar-refractivity contribution in [3.63, 3.8) is 0 Å². The first-order valence-electron chi connectivity index (χ1n) is 6.94. The molecule has 130 valence electrons. The Kier molecular flexibility index (Phi) is 6.30. The molecular weight excluding hydrogens is 350 g/mol. The molecule has 1 N–H and O–H groups in total. The minimum Gasteiger partial charge on any atom is -0.466 e. The second-order valence-corrected chi connectivity index (χ2v) is 4.91. The van der Waals surface area contributed by atoms with Gasteiger partial charge in [-0.25, -0.2) is 9.59 Å². The summed E-state index contributed by atoms with van der Waals surface area (Å²) in [5.74, 6) is -0.735. The number of hydrogen-bond acceptors (Lipinski definition) is 8. The molecule has 8 nitrogen and oxygen atoms in total. The fourth-order valence-corrected chi connectivity index (χ4v) is 1.81. The predicted octanol–water partition coefficient (Wildman–Crippen LogP) is 2.56. The number of rotatable bonds is 6. The van der Waals surface area contributed by atoms with Crippen LogP contribution in [0.4, 0.5) is 5.69 Å². The van der Waals surface area contributed by atoms with Gasteiger partial charge < -0.3 is 19.5 Å². The number of anilines is 1. The molecule has 9 heteroatoms. The zero-order chi connectivity index (χ0) is 18.2. The summed E-state index contributed by atoms with van der Waals surface area (Å²) in [4.78, 5) is 23.1. The van der Waals surface area contributed by atoms with Gasteiger partial charge in [-0.2, -0.15) is 0 Å². The first kappa shape index (κ1) is 18.2. The maximum absolute atomic E-state index is 11.8. The molecule has 0 aliphatic heterocycles. The van der Waals surface area contributed by atoms with E-state index in [1.807, 2.05) is 0 Å². The molecule has 0 fully saturated rings. The highest BCUT2D eigenvalue weighted by molar-refractivity contribution is 6.29. The standard InChI is InChI=1S/C16H14ClN3O5/c1-23-15(21)9-12(16(22)24-2)18-10-4-3-5-11(8-10)25-14-7-6-13(17)19-20-14/h3-9,18H,1-2H3/b12-9+. The number of aromatic nitrogens is 2. The fourth-order valence-electron chi connectivity index (χ4n) is 1.70. The number of methoxy groups -OCH3 is 2. The van der Waals surface area contributed by atoms with Crippen LogP contribution in [-0.4, -0.2) is 36.4 Å². The van der Waals surface area contributed by atoms with Gasteiger partial charge in [-0.15, -0.1) is 10.2 Å². The summed E-state index contributed by atoms with van der Waals surface area (Å²) in [6.07, 6.45) is 0.990. The first-order valence-corrected chi connectivity index (χ1v) is 7.31. The van der Waals surface area contributed by atoms with Crippen LogP contribution < -0.4 is 10.1 Å². The van der Waals surface area contributed by atoms with Crippen molar-refractivity contribution >= 4 is 29.2 Å². The zero-order valence-electron chi connectivity index (χ0n) is 13.4. The van der Waals surface area contributed by atoms with Crippen LogP contribution in [0.1, 0.15) is 0 Å². The van der Waals surface area contributed by atoms with Crippen molar-refractivity contribution in [1.29, 1.82) is 0 Å². The highest BCUT2D eigenvalue weighted by Crippen LogP contribution is 2.23. The predicted molar refractivity (Wildman–Crippen MR) is 89.3 cm³/mol. The molecule has 0 atom stereocenters. The van der Waals surface area contributed by atoms with E-state index in [0.29, 0.717) is 11.4 Å². The van der Waals surface area contributed by atoms with Gasteiger partial charge in [0.15, 0.2) is 5.15 Å². The Balaban J connectivity index is 2.18. The SMILES string of the molecule is COC(=O)/C=C(/Nc1cccc(Oc2ccc(Cl)nn2)c1)C(=O)OC. The Hall–Kier alpha value is -3.13. The Morgan fingerprint density at radius 3 is 2.56 bits per heavy atom. The highest BCUT2D eigenvalue weighted by Gasteiger charge is 2.13. The van der Waals surface area contributed by atoms with E-state index >= 15 is 0 Å². The van der Waals surface area contributed by atoms with Gasteiger partial charge in [-0.3, -0.25) is 0 Å². The third-order valence-corrected chi connectivity index (χ3v) is 3.01. The molecule has 2 aromatic rings. The van der Waals surface area contributed by atoms with Crippen molar-refractivity contribution in [3.05, 3.63) is 53.3 Å². The van der Waals surface area contributed by atoms with E-state index in [0.717, 1.165) is 6.08 Å². The molecule has 25 heavy (non-hydrogen) atoms. The van der Waals surface area contributed by atoms with Crippen molar-refractivity contribution in [2.45, 2.75) is 0 Å². The van der Waals surface area contributed by atoms with Crippen LogP contribution in [0.2, 0.25) is 5.15 Å². The maximum atomic E-state index is 11.8. The lowest BCUT2D eigenvalue weighted by Gasteiger charge is -2.10. The number of ether oxygens (including phenoxy) is 3. The minimum atomic E-state index is -0.722. The van der Waals surface area contributed by atoms with Gasteiger partial charge in [0, 0.05) is 17.8 Å². The van der Waals surface area contributed by atoms with Crippen LogP contribution in [-0.2, 0) is 19.1 Å². The van der Waals surface area contributed by atoms with Crippen molar-refractivity contribution in [2.75, 3.05) is 19.5 Å². The Morgan fingerprint density at radius 2 is 1.92 bits per heavy atom. The summed E-state index contributed by atoms with van der Waals surface area (Å²) in [6.45, 7) is 0. The fraction of sp³-hybridized carbons (Fsp3) is 0.125. The third-order valence-electron chi connectivity index (χ3n) is 2.81. The summed E-state index contributed by atoms with van der Waals surface area (Å²) < 4.78 is 14.7. The molecule has 1 aromatic carbocycles. The summed E-state index contributed by atoms with van der Waals surface area (Å²) in [7, 11) is 2.41. The molecule has 0 unspecified atom stereocenters. The lowest BCUT2D eigenvalue weighted by molar-refractivity contribution is -0.138.